The highest BCUT2D eigenvalue weighted by molar-refractivity contribution is 7.98. The second-order valence-electron chi connectivity index (χ2n) is 3.32. The lowest BCUT2D eigenvalue weighted by molar-refractivity contribution is 0.764. The van der Waals surface area contributed by atoms with Crippen LogP contribution in [-0.4, -0.2) is 28.2 Å². The molecule has 4 heteroatoms. The number of nitrogens with zero attached hydrogens (tertiary/aromatic N) is 2. The third-order valence-corrected chi connectivity index (χ3v) is 2.74. The Morgan fingerprint density at radius 2 is 2.36 bits per heavy atom. The number of nitrogens with one attached hydrogen (secondary N) is 1. The Balaban J connectivity index is 2.57. The van der Waals surface area contributed by atoms with E-state index in [1.54, 1.807) is 6.20 Å². The Kier molecular flexibility index (Phi) is 4.73. The van der Waals surface area contributed by atoms with Crippen LogP contribution < -0.4 is 5.32 Å². The summed E-state index contributed by atoms with van der Waals surface area (Å²) in [7, 11) is 0. The lowest BCUT2D eigenvalue weighted by Gasteiger charge is -2.15. The van der Waals surface area contributed by atoms with Crippen molar-refractivity contribution in [2.24, 2.45) is 0 Å². The zero-order valence-corrected chi connectivity index (χ0v) is 9.77. The minimum Gasteiger partial charge on any atom is -0.365 e. The van der Waals surface area contributed by atoms with Gasteiger partial charge in [0, 0.05) is 11.8 Å². The molecule has 0 aliphatic heterocycles. The monoisotopic (exact) mass is 211 g/mol. The number of aromatic nitrogens is 2. The zero-order chi connectivity index (χ0) is 10.4. The Hall–Kier alpha value is -0.770. The van der Waals surface area contributed by atoms with E-state index < -0.39 is 0 Å². The van der Waals surface area contributed by atoms with E-state index in [-0.39, 0.29) is 0 Å². The maximum Gasteiger partial charge on any atom is 0.149 e. The van der Waals surface area contributed by atoms with Crippen LogP contribution >= 0.6 is 11.8 Å². The average molecular weight is 211 g/mol. The predicted molar refractivity (Wildman–Crippen MR) is 62.9 cm³/mol. The summed E-state index contributed by atoms with van der Waals surface area (Å²) in [6.07, 6.45) is 4.99. The standard InChI is InChI=1S/C10H17N3S/c1-4-9(7-14-3)12-10-5-8(2)6-11-13-10/h5-6,9H,4,7H2,1-3H3,(H,12,13). The third-order valence-electron chi connectivity index (χ3n) is 2.00. The summed E-state index contributed by atoms with van der Waals surface area (Å²) >= 11 is 1.85. The van der Waals surface area contributed by atoms with Gasteiger partial charge in [0.1, 0.15) is 5.82 Å². The van der Waals surface area contributed by atoms with Crippen LogP contribution in [0.25, 0.3) is 0 Å². The van der Waals surface area contributed by atoms with E-state index in [2.05, 4.69) is 28.7 Å². The first kappa shape index (κ1) is 11.3. The molecule has 3 nitrogen and oxygen atoms in total. The SMILES string of the molecule is CCC(CSC)Nc1cc(C)cnn1. The van der Waals surface area contributed by atoms with Crippen LogP contribution in [0.2, 0.25) is 0 Å². The molecule has 0 aromatic carbocycles. The Bertz CT molecular complexity index is 278. The first-order chi connectivity index (χ1) is 6.76. The van der Waals surface area contributed by atoms with Crippen LogP contribution in [0.15, 0.2) is 12.3 Å². The maximum absolute atomic E-state index is 4.04. The fourth-order valence-electron chi connectivity index (χ4n) is 1.21. The molecule has 0 aliphatic rings. The molecule has 1 heterocycles. The van der Waals surface area contributed by atoms with Crippen molar-refractivity contribution in [3.63, 3.8) is 0 Å². The van der Waals surface area contributed by atoms with E-state index in [0.717, 1.165) is 23.6 Å². The summed E-state index contributed by atoms with van der Waals surface area (Å²) in [4.78, 5) is 0. The topological polar surface area (TPSA) is 37.8 Å². The highest BCUT2D eigenvalue weighted by atomic mass is 32.2. The highest BCUT2D eigenvalue weighted by Gasteiger charge is 2.05. The summed E-state index contributed by atoms with van der Waals surface area (Å²) in [5.41, 5.74) is 1.14. The van der Waals surface area contributed by atoms with Gasteiger partial charge in [-0.3, -0.25) is 0 Å². The van der Waals surface area contributed by atoms with Crippen molar-refractivity contribution in [3.8, 4) is 0 Å². The molecule has 78 valence electrons. The summed E-state index contributed by atoms with van der Waals surface area (Å²) in [5.74, 6) is 1.98. The van der Waals surface area contributed by atoms with Crippen molar-refractivity contribution in [3.05, 3.63) is 17.8 Å². The summed E-state index contributed by atoms with van der Waals surface area (Å²) < 4.78 is 0. The molecule has 0 aliphatic carbocycles. The van der Waals surface area contributed by atoms with Crippen molar-refractivity contribution >= 4 is 17.6 Å². The van der Waals surface area contributed by atoms with Gasteiger partial charge >= 0.3 is 0 Å². The minimum absolute atomic E-state index is 0.487. The van der Waals surface area contributed by atoms with Crippen LogP contribution in [0.5, 0.6) is 0 Å². The molecule has 1 aromatic heterocycles. The molecule has 1 rings (SSSR count). The number of thioether (sulfide) groups is 1. The summed E-state index contributed by atoms with van der Waals surface area (Å²) in [6, 6.07) is 2.51. The van der Waals surface area contributed by atoms with Gasteiger partial charge in [0.25, 0.3) is 0 Å². The van der Waals surface area contributed by atoms with E-state index in [4.69, 9.17) is 0 Å². The van der Waals surface area contributed by atoms with Gasteiger partial charge in [0.15, 0.2) is 0 Å². The lowest BCUT2D eigenvalue weighted by atomic mass is 10.2. The fraction of sp³-hybridized carbons (Fsp3) is 0.600. The predicted octanol–water partition coefficient (Wildman–Crippen LogP) is 2.34. The van der Waals surface area contributed by atoms with Gasteiger partial charge in [-0.25, -0.2) is 0 Å². The van der Waals surface area contributed by atoms with Crippen LogP contribution in [0, 0.1) is 6.92 Å². The molecule has 0 saturated heterocycles. The Morgan fingerprint density at radius 1 is 1.57 bits per heavy atom. The molecular weight excluding hydrogens is 194 g/mol. The fourth-order valence-corrected chi connectivity index (χ4v) is 1.93. The van der Waals surface area contributed by atoms with Crippen molar-refractivity contribution in [1.82, 2.24) is 10.2 Å². The van der Waals surface area contributed by atoms with Gasteiger partial charge in [-0.2, -0.15) is 16.9 Å². The molecular formula is C10H17N3S. The van der Waals surface area contributed by atoms with E-state index in [1.165, 1.54) is 0 Å². The van der Waals surface area contributed by atoms with Crippen molar-refractivity contribution < 1.29 is 0 Å². The van der Waals surface area contributed by atoms with Crippen LogP contribution in [-0.2, 0) is 0 Å². The first-order valence-electron chi connectivity index (χ1n) is 4.81. The lowest BCUT2D eigenvalue weighted by Crippen LogP contribution is -2.21. The quantitative estimate of drug-likeness (QED) is 0.811. The normalized spacial score (nSPS) is 12.5. The van der Waals surface area contributed by atoms with Gasteiger partial charge in [-0.1, -0.05) is 6.92 Å². The average Bonchev–Trinajstić information content (AvgIpc) is 2.17. The van der Waals surface area contributed by atoms with Crippen LogP contribution in [0.4, 0.5) is 5.82 Å². The van der Waals surface area contributed by atoms with Gasteiger partial charge in [0.05, 0.1) is 6.20 Å². The largest absolute Gasteiger partial charge is 0.365 e. The number of hydrogen-bond donors (Lipinski definition) is 1. The van der Waals surface area contributed by atoms with Crippen LogP contribution in [0.3, 0.4) is 0 Å². The van der Waals surface area contributed by atoms with Crippen molar-refractivity contribution in [2.75, 3.05) is 17.3 Å². The molecule has 1 atom stereocenters. The molecule has 0 amide bonds. The summed E-state index contributed by atoms with van der Waals surface area (Å²) in [6.45, 7) is 4.20. The number of hydrogen-bond acceptors (Lipinski definition) is 4. The molecule has 0 fully saturated rings. The van der Waals surface area contributed by atoms with Crippen molar-refractivity contribution in [1.29, 1.82) is 0 Å². The molecule has 0 radical (unpaired) electrons. The molecule has 0 bridgehead atoms. The van der Waals surface area contributed by atoms with Gasteiger partial charge in [-0.05, 0) is 31.2 Å². The Morgan fingerprint density at radius 3 is 2.93 bits per heavy atom. The van der Waals surface area contributed by atoms with E-state index in [1.807, 2.05) is 24.8 Å². The molecule has 14 heavy (non-hydrogen) atoms. The number of anilines is 1. The zero-order valence-electron chi connectivity index (χ0n) is 8.95. The third kappa shape index (κ3) is 3.54. The van der Waals surface area contributed by atoms with Gasteiger partial charge in [-0.15, -0.1) is 5.10 Å². The molecule has 0 saturated carbocycles. The second-order valence-corrected chi connectivity index (χ2v) is 4.23. The maximum atomic E-state index is 4.04. The molecule has 1 unspecified atom stereocenters. The minimum atomic E-state index is 0.487. The van der Waals surface area contributed by atoms with Crippen molar-refractivity contribution in [2.45, 2.75) is 26.3 Å². The van der Waals surface area contributed by atoms with E-state index >= 15 is 0 Å². The first-order valence-corrected chi connectivity index (χ1v) is 6.20. The van der Waals surface area contributed by atoms with Gasteiger partial charge < -0.3 is 5.32 Å². The Labute approximate surface area is 89.7 Å². The molecule has 1 aromatic rings. The number of aryl methyl sites for hydroxylation is 1. The van der Waals surface area contributed by atoms with E-state index in [0.29, 0.717) is 6.04 Å². The van der Waals surface area contributed by atoms with Crippen LogP contribution in [0.1, 0.15) is 18.9 Å². The summed E-state index contributed by atoms with van der Waals surface area (Å²) in [5, 5.41) is 11.3. The number of rotatable bonds is 5. The molecule has 0 spiro atoms. The smallest absolute Gasteiger partial charge is 0.149 e. The van der Waals surface area contributed by atoms with Gasteiger partial charge in [0.2, 0.25) is 0 Å². The highest BCUT2D eigenvalue weighted by Crippen LogP contribution is 2.09. The molecule has 1 N–H and O–H groups in total. The van der Waals surface area contributed by atoms with E-state index in [9.17, 15) is 0 Å². The second kappa shape index (κ2) is 5.86.